The van der Waals surface area contributed by atoms with E-state index >= 15 is 0 Å². The molecule has 0 heterocycles. The van der Waals surface area contributed by atoms with Crippen LogP contribution in [0.4, 0.5) is 4.79 Å². The van der Waals surface area contributed by atoms with Crippen LogP contribution in [0.1, 0.15) is 63.7 Å². The Morgan fingerprint density at radius 2 is 1.72 bits per heavy atom. The van der Waals surface area contributed by atoms with Gasteiger partial charge < -0.3 is 24.8 Å². The number of para-hydroxylation sites is 1. The molecule has 0 radical (unpaired) electrons. The maximum Gasteiger partial charge on any atom is 0.407 e. The van der Waals surface area contributed by atoms with Gasteiger partial charge in [-0.05, 0) is 52.7 Å². The van der Waals surface area contributed by atoms with E-state index in [4.69, 9.17) is 14.2 Å². The molecule has 8 heteroatoms. The number of benzene rings is 1. The first-order valence-electron chi connectivity index (χ1n) is 9.85. The summed E-state index contributed by atoms with van der Waals surface area (Å²) >= 11 is 0. The molecule has 0 aromatic heterocycles. The molecule has 0 aliphatic heterocycles. The van der Waals surface area contributed by atoms with Crippen molar-refractivity contribution in [3.63, 3.8) is 0 Å². The predicted molar refractivity (Wildman–Crippen MR) is 109 cm³/mol. The minimum Gasteiger partial charge on any atom is -0.472 e. The van der Waals surface area contributed by atoms with E-state index in [2.05, 4.69) is 10.6 Å². The van der Waals surface area contributed by atoms with Gasteiger partial charge in [0.05, 0.1) is 6.61 Å². The van der Waals surface area contributed by atoms with Crippen LogP contribution in [0.5, 0.6) is 5.75 Å². The molecular weight excluding hydrogens is 376 g/mol. The van der Waals surface area contributed by atoms with Crippen LogP contribution < -0.4 is 15.4 Å². The first-order valence-corrected chi connectivity index (χ1v) is 9.85. The summed E-state index contributed by atoms with van der Waals surface area (Å²) in [6, 6.07) is 6.72. The molecule has 0 aliphatic carbocycles. The van der Waals surface area contributed by atoms with E-state index in [0.29, 0.717) is 30.7 Å². The summed E-state index contributed by atoms with van der Waals surface area (Å²) in [4.78, 5) is 35.3. The van der Waals surface area contributed by atoms with Gasteiger partial charge in [0, 0.05) is 13.0 Å². The quantitative estimate of drug-likeness (QED) is 0.330. The molecule has 0 saturated carbocycles. The molecule has 1 aromatic rings. The fraction of sp³-hybridized carbons (Fsp3) is 0.571. The summed E-state index contributed by atoms with van der Waals surface area (Å²) < 4.78 is 15.6. The molecule has 0 atom stereocenters. The van der Waals surface area contributed by atoms with Crippen molar-refractivity contribution in [2.75, 3.05) is 19.9 Å². The Kier molecular flexibility index (Phi) is 10.6. The molecule has 2 amide bonds. The van der Waals surface area contributed by atoms with Crippen molar-refractivity contribution < 1.29 is 28.6 Å². The third kappa shape index (κ3) is 11.0. The van der Waals surface area contributed by atoms with Gasteiger partial charge in [-0.3, -0.25) is 4.79 Å². The van der Waals surface area contributed by atoms with E-state index in [1.54, 1.807) is 31.2 Å². The van der Waals surface area contributed by atoms with Crippen molar-refractivity contribution in [2.45, 2.75) is 59.0 Å². The molecule has 2 N–H and O–H groups in total. The summed E-state index contributed by atoms with van der Waals surface area (Å²) in [5, 5.41) is 5.34. The maximum absolute atomic E-state index is 11.9. The fourth-order valence-corrected chi connectivity index (χ4v) is 2.34. The number of ether oxygens (including phenoxy) is 3. The summed E-state index contributed by atoms with van der Waals surface area (Å²) in [5.74, 6) is -0.243. The topological polar surface area (TPSA) is 103 Å². The van der Waals surface area contributed by atoms with E-state index < -0.39 is 17.7 Å². The molecule has 1 rings (SSSR count). The molecule has 8 nitrogen and oxygen atoms in total. The predicted octanol–water partition coefficient (Wildman–Crippen LogP) is 3.40. The van der Waals surface area contributed by atoms with Crippen LogP contribution in [-0.2, 0) is 14.3 Å². The zero-order valence-corrected chi connectivity index (χ0v) is 17.7. The Morgan fingerprint density at radius 1 is 1.00 bits per heavy atom. The number of nitrogens with one attached hydrogen (secondary N) is 2. The zero-order valence-electron chi connectivity index (χ0n) is 17.7. The van der Waals surface area contributed by atoms with Crippen molar-refractivity contribution >= 4 is 18.0 Å². The Labute approximate surface area is 172 Å². The summed E-state index contributed by atoms with van der Waals surface area (Å²) in [6.07, 6.45) is 2.18. The van der Waals surface area contributed by atoms with Gasteiger partial charge >= 0.3 is 12.1 Å². The van der Waals surface area contributed by atoms with Crippen molar-refractivity contribution in [3.05, 3.63) is 29.8 Å². The number of hydrogen-bond acceptors (Lipinski definition) is 6. The van der Waals surface area contributed by atoms with Crippen molar-refractivity contribution in [3.8, 4) is 5.75 Å². The summed E-state index contributed by atoms with van der Waals surface area (Å²) in [6.45, 7) is 7.91. The largest absolute Gasteiger partial charge is 0.472 e. The van der Waals surface area contributed by atoms with Crippen LogP contribution in [-0.4, -0.2) is 43.5 Å². The van der Waals surface area contributed by atoms with Crippen LogP contribution in [0.2, 0.25) is 0 Å². The lowest BCUT2D eigenvalue weighted by molar-refractivity contribution is -0.122. The number of rotatable bonds is 11. The zero-order chi connectivity index (χ0) is 21.7. The number of hydrogen-bond donors (Lipinski definition) is 2. The van der Waals surface area contributed by atoms with Crippen molar-refractivity contribution in [2.24, 2.45) is 0 Å². The summed E-state index contributed by atoms with van der Waals surface area (Å²) in [7, 11) is 0. The van der Waals surface area contributed by atoms with Crippen LogP contribution in [0.15, 0.2) is 24.3 Å². The number of carbonyl (C=O) groups is 3. The third-order valence-electron chi connectivity index (χ3n) is 3.63. The standard InChI is InChI=1S/C21H32N2O6/c1-5-27-19(25)16-11-8-9-12-17(16)28-15-23-18(24)13-7-6-10-14-22-20(26)29-21(2,3)4/h8-9,11-12H,5-7,10,13-15H2,1-4H3,(H,22,26)(H,23,24). The molecule has 0 fully saturated rings. The second-order valence-corrected chi connectivity index (χ2v) is 7.34. The van der Waals surface area contributed by atoms with Gasteiger partial charge in [0.25, 0.3) is 0 Å². The highest BCUT2D eigenvalue weighted by Crippen LogP contribution is 2.18. The Bertz CT molecular complexity index is 669. The number of alkyl carbamates (subject to hydrolysis) is 1. The fourth-order valence-electron chi connectivity index (χ4n) is 2.34. The lowest BCUT2D eigenvalue weighted by atomic mass is 10.2. The van der Waals surface area contributed by atoms with Crippen molar-refractivity contribution in [1.82, 2.24) is 10.6 Å². The van der Waals surface area contributed by atoms with E-state index in [1.807, 2.05) is 20.8 Å². The molecule has 0 bridgehead atoms. The van der Waals surface area contributed by atoms with Gasteiger partial charge in [0.2, 0.25) is 5.91 Å². The minimum absolute atomic E-state index is 0.0323. The maximum atomic E-state index is 11.9. The van der Waals surface area contributed by atoms with Gasteiger partial charge in [-0.2, -0.15) is 0 Å². The molecule has 1 aromatic carbocycles. The van der Waals surface area contributed by atoms with Gasteiger partial charge in [-0.25, -0.2) is 9.59 Å². The SMILES string of the molecule is CCOC(=O)c1ccccc1OCNC(=O)CCCCCNC(=O)OC(C)(C)C. The Balaban J connectivity index is 2.18. The van der Waals surface area contributed by atoms with Crippen molar-refractivity contribution in [1.29, 1.82) is 0 Å². The lowest BCUT2D eigenvalue weighted by Gasteiger charge is -2.19. The van der Waals surface area contributed by atoms with Crippen LogP contribution in [0.3, 0.4) is 0 Å². The molecule has 0 saturated heterocycles. The molecule has 29 heavy (non-hydrogen) atoms. The molecule has 162 valence electrons. The van der Waals surface area contributed by atoms with E-state index in [0.717, 1.165) is 12.8 Å². The first-order chi connectivity index (χ1) is 13.7. The van der Waals surface area contributed by atoms with Crippen LogP contribution >= 0.6 is 0 Å². The Hall–Kier alpha value is -2.77. The molecular formula is C21H32N2O6. The third-order valence-corrected chi connectivity index (χ3v) is 3.63. The Morgan fingerprint density at radius 3 is 2.41 bits per heavy atom. The monoisotopic (exact) mass is 408 g/mol. The second-order valence-electron chi connectivity index (χ2n) is 7.34. The number of amides is 2. The van der Waals surface area contributed by atoms with Gasteiger partial charge in [0.1, 0.15) is 16.9 Å². The highest BCUT2D eigenvalue weighted by molar-refractivity contribution is 5.92. The van der Waals surface area contributed by atoms with Gasteiger partial charge in [-0.15, -0.1) is 0 Å². The van der Waals surface area contributed by atoms with Crippen LogP contribution in [0.25, 0.3) is 0 Å². The average Bonchev–Trinajstić information content (AvgIpc) is 2.63. The molecule has 0 spiro atoms. The smallest absolute Gasteiger partial charge is 0.407 e. The second kappa shape index (κ2) is 12.6. The normalized spacial score (nSPS) is 10.8. The highest BCUT2D eigenvalue weighted by Gasteiger charge is 2.15. The van der Waals surface area contributed by atoms with E-state index in [-0.39, 0.29) is 19.2 Å². The highest BCUT2D eigenvalue weighted by atomic mass is 16.6. The number of carbonyl (C=O) groups excluding carboxylic acids is 3. The minimum atomic E-state index is -0.513. The molecule has 0 unspecified atom stereocenters. The number of esters is 1. The van der Waals surface area contributed by atoms with Crippen LogP contribution in [0, 0.1) is 0 Å². The van der Waals surface area contributed by atoms with E-state index in [1.165, 1.54) is 0 Å². The van der Waals surface area contributed by atoms with Gasteiger partial charge in [0.15, 0.2) is 6.73 Å². The first kappa shape index (κ1) is 24.3. The molecule has 0 aliphatic rings. The number of unbranched alkanes of at least 4 members (excludes halogenated alkanes) is 2. The lowest BCUT2D eigenvalue weighted by Crippen LogP contribution is -2.33. The summed E-state index contributed by atoms with van der Waals surface area (Å²) in [5.41, 5.74) is -0.192. The van der Waals surface area contributed by atoms with Gasteiger partial charge in [-0.1, -0.05) is 18.6 Å². The van der Waals surface area contributed by atoms with E-state index in [9.17, 15) is 14.4 Å². The average molecular weight is 408 g/mol.